The van der Waals surface area contributed by atoms with Crippen molar-refractivity contribution >= 4 is 11.4 Å². The Morgan fingerprint density at radius 1 is 0.760 bits per heavy atom. The smallest absolute Gasteiger partial charge is 0.0982 e. The minimum absolute atomic E-state index is 0.545. The van der Waals surface area contributed by atoms with Gasteiger partial charge >= 0.3 is 0 Å². The van der Waals surface area contributed by atoms with Crippen LogP contribution in [-0.4, -0.2) is 16.9 Å². The standard InChI is InChI=1S/C22H22N2O/c25-22(17-19-12-6-2-7-13-19)21(16-18-10-4-1-5-11-18)24-23-20-14-8-3-9-15-20/h1-15,22-23,25H,16-17H2. The van der Waals surface area contributed by atoms with E-state index in [9.17, 15) is 5.11 Å². The molecule has 0 aliphatic heterocycles. The Morgan fingerprint density at radius 3 is 1.88 bits per heavy atom. The van der Waals surface area contributed by atoms with Gasteiger partial charge in [-0.05, 0) is 23.3 Å². The molecule has 25 heavy (non-hydrogen) atoms. The summed E-state index contributed by atoms with van der Waals surface area (Å²) >= 11 is 0. The van der Waals surface area contributed by atoms with E-state index in [0.29, 0.717) is 12.8 Å². The van der Waals surface area contributed by atoms with E-state index in [-0.39, 0.29) is 0 Å². The van der Waals surface area contributed by atoms with Crippen molar-refractivity contribution in [2.45, 2.75) is 18.9 Å². The molecule has 0 spiro atoms. The number of rotatable bonds is 7. The summed E-state index contributed by atoms with van der Waals surface area (Å²) in [6.45, 7) is 0. The predicted octanol–water partition coefficient (Wildman–Crippen LogP) is 4.30. The molecule has 0 aliphatic carbocycles. The van der Waals surface area contributed by atoms with Crippen molar-refractivity contribution in [3.63, 3.8) is 0 Å². The predicted molar refractivity (Wildman–Crippen MR) is 104 cm³/mol. The third kappa shape index (κ3) is 5.30. The molecule has 1 unspecified atom stereocenters. The molecule has 3 rings (SSSR count). The lowest BCUT2D eigenvalue weighted by molar-refractivity contribution is 0.240. The van der Waals surface area contributed by atoms with E-state index in [1.807, 2.05) is 91.0 Å². The SMILES string of the molecule is OC(Cc1ccccc1)C(Cc1ccccc1)=NNc1ccccc1. The molecule has 0 heterocycles. The van der Waals surface area contributed by atoms with Gasteiger partial charge in [-0.1, -0.05) is 78.9 Å². The fourth-order valence-corrected chi connectivity index (χ4v) is 2.64. The number of nitrogens with zero attached hydrogens (tertiary/aromatic N) is 1. The summed E-state index contributed by atoms with van der Waals surface area (Å²) < 4.78 is 0. The minimum atomic E-state index is -0.640. The van der Waals surface area contributed by atoms with Gasteiger partial charge in [0.15, 0.2) is 0 Å². The average Bonchev–Trinajstić information content (AvgIpc) is 2.67. The van der Waals surface area contributed by atoms with Crippen molar-refractivity contribution in [2.24, 2.45) is 5.10 Å². The quantitative estimate of drug-likeness (QED) is 0.501. The second-order valence-corrected chi connectivity index (χ2v) is 5.95. The number of benzene rings is 3. The van der Waals surface area contributed by atoms with Crippen molar-refractivity contribution in [1.82, 2.24) is 0 Å². The first-order valence-electron chi connectivity index (χ1n) is 8.45. The average molecular weight is 330 g/mol. The molecule has 3 nitrogen and oxygen atoms in total. The monoisotopic (exact) mass is 330 g/mol. The van der Waals surface area contributed by atoms with Gasteiger partial charge < -0.3 is 5.11 Å². The molecule has 0 saturated carbocycles. The maximum Gasteiger partial charge on any atom is 0.0982 e. The first-order chi connectivity index (χ1) is 12.3. The van der Waals surface area contributed by atoms with E-state index >= 15 is 0 Å². The second-order valence-electron chi connectivity index (χ2n) is 5.95. The number of hydrazone groups is 1. The summed E-state index contributed by atoms with van der Waals surface area (Å²) in [7, 11) is 0. The van der Waals surface area contributed by atoms with Gasteiger partial charge in [0.2, 0.25) is 0 Å². The van der Waals surface area contributed by atoms with Crippen molar-refractivity contribution in [2.75, 3.05) is 5.43 Å². The van der Waals surface area contributed by atoms with Gasteiger partial charge in [0, 0.05) is 12.8 Å². The summed E-state index contributed by atoms with van der Waals surface area (Å²) in [5, 5.41) is 15.2. The maximum atomic E-state index is 10.7. The Morgan fingerprint density at radius 2 is 1.28 bits per heavy atom. The first kappa shape index (κ1) is 16.9. The largest absolute Gasteiger partial charge is 0.387 e. The lowest BCUT2D eigenvalue weighted by Gasteiger charge is -2.15. The highest BCUT2D eigenvalue weighted by atomic mass is 16.3. The zero-order chi connectivity index (χ0) is 17.3. The van der Waals surface area contributed by atoms with E-state index < -0.39 is 6.10 Å². The molecule has 0 aromatic heterocycles. The van der Waals surface area contributed by atoms with Crippen LogP contribution in [0.3, 0.4) is 0 Å². The number of anilines is 1. The topological polar surface area (TPSA) is 44.6 Å². The van der Waals surface area contributed by atoms with Gasteiger partial charge in [-0.2, -0.15) is 5.10 Å². The number of para-hydroxylation sites is 1. The van der Waals surface area contributed by atoms with Crippen LogP contribution in [0.5, 0.6) is 0 Å². The first-order valence-corrected chi connectivity index (χ1v) is 8.45. The van der Waals surface area contributed by atoms with Crippen LogP contribution in [0.4, 0.5) is 5.69 Å². The summed E-state index contributed by atoms with van der Waals surface area (Å²) in [5.74, 6) is 0. The van der Waals surface area contributed by atoms with Crippen LogP contribution < -0.4 is 5.43 Å². The molecule has 126 valence electrons. The highest BCUT2D eigenvalue weighted by Gasteiger charge is 2.14. The van der Waals surface area contributed by atoms with Crippen LogP contribution in [0.2, 0.25) is 0 Å². The van der Waals surface area contributed by atoms with E-state index in [1.54, 1.807) is 0 Å². The fraction of sp³-hybridized carbons (Fsp3) is 0.136. The van der Waals surface area contributed by atoms with E-state index in [1.165, 1.54) is 0 Å². The van der Waals surface area contributed by atoms with Gasteiger partial charge in [-0.3, -0.25) is 5.43 Å². The summed E-state index contributed by atoms with van der Waals surface area (Å²) in [5.41, 5.74) is 6.90. The Kier molecular flexibility index (Phi) is 5.96. The molecule has 0 bridgehead atoms. The molecule has 2 N–H and O–H groups in total. The molecule has 3 aromatic carbocycles. The van der Waals surface area contributed by atoms with Crippen molar-refractivity contribution in [3.05, 3.63) is 102 Å². The molecule has 0 saturated heterocycles. The van der Waals surface area contributed by atoms with Crippen LogP contribution in [-0.2, 0) is 12.8 Å². The van der Waals surface area contributed by atoms with E-state index in [0.717, 1.165) is 22.5 Å². The van der Waals surface area contributed by atoms with Crippen LogP contribution in [0, 0.1) is 0 Å². The highest BCUT2D eigenvalue weighted by Crippen LogP contribution is 2.11. The van der Waals surface area contributed by atoms with Gasteiger partial charge in [0.1, 0.15) is 0 Å². The number of nitrogens with one attached hydrogen (secondary N) is 1. The highest BCUT2D eigenvalue weighted by molar-refractivity contribution is 5.91. The van der Waals surface area contributed by atoms with Gasteiger partial charge in [-0.15, -0.1) is 0 Å². The van der Waals surface area contributed by atoms with Gasteiger partial charge in [0.05, 0.1) is 17.5 Å². The molecule has 0 aliphatic rings. The number of aliphatic hydroxyl groups is 1. The summed E-state index contributed by atoms with van der Waals surface area (Å²) in [4.78, 5) is 0. The Bertz CT molecular complexity index is 786. The number of aliphatic hydroxyl groups excluding tert-OH is 1. The Balaban J connectivity index is 1.77. The minimum Gasteiger partial charge on any atom is -0.387 e. The summed E-state index contributed by atoms with van der Waals surface area (Å²) in [6.07, 6.45) is 0.510. The summed E-state index contributed by atoms with van der Waals surface area (Å²) in [6, 6.07) is 29.9. The van der Waals surface area contributed by atoms with Crippen LogP contribution in [0.15, 0.2) is 96.1 Å². The van der Waals surface area contributed by atoms with Crippen molar-refractivity contribution in [3.8, 4) is 0 Å². The lowest BCUT2D eigenvalue weighted by atomic mass is 9.99. The van der Waals surface area contributed by atoms with Crippen LogP contribution in [0.1, 0.15) is 11.1 Å². The molecule has 0 radical (unpaired) electrons. The third-order valence-corrected chi connectivity index (χ3v) is 3.99. The zero-order valence-electron chi connectivity index (χ0n) is 14.0. The molecule has 0 fully saturated rings. The normalized spacial score (nSPS) is 12.6. The fourth-order valence-electron chi connectivity index (χ4n) is 2.64. The van der Waals surface area contributed by atoms with E-state index in [4.69, 9.17) is 0 Å². The Hall–Kier alpha value is -2.91. The van der Waals surface area contributed by atoms with E-state index in [2.05, 4.69) is 10.5 Å². The van der Waals surface area contributed by atoms with Gasteiger partial charge in [-0.25, -0.2) is 0 Å². The number of hydrogen-bond acceptors (Lipinski definition) is 3. The van der Waals surface area contributed by atoms with Crippen LogP contribution >= 0.6 is 0 Å². The third-order valence-electron chi connectivity index (χ3n) is 3.99. The Labute approximate surface area is 148 Å². The molecule has 3 aromatic rings. The molecular weight excluding hydrogens is 308 g/mol. The molecule has 3 heteroatoms. The van der Waals surface area contributed by atoms with Crippen molar-refractivity contribution < 1.29 is 5.11 Å². The maximum absolute atomic E-state index is 10.7. The molecule has 0 amide bonds. The van der Waals surface area contributed by atoms with Gasteiger partial charge in [0.25, 0.3) is 0 Å². The van der Waals surface area contributed by atoms with Crippen molar-refractivity contribution in [1.29, 1.82) is 0 Å². The zero-order valence-corrected chi connectivity index (χ0v) is 14.0. The number of hydrogen-bond donors (Lipinski definition) is 2. The lowest BCUT2D eigenvalue weighted by Crippen LogP contribution is -2.26. The second kappa shape index (κ2) is 8.81. The molecule has 1 atom stereocenters. The molecular formula is C22H22N2O. The van der Waals surface area contributed by atoms with Crippen LogP contribution in [0.25, 0.3) is 0 Å².